The van der Waals surface area contributed by atoms with Gasteiger partial charge in [0.05, 0.1) is 6.54 Å². The second-order valence-corrected chi connectivity index (χ2v) is 8.31. The predicted molar refractivity (Wildman–Crippen MR) is 138 cm³/mol. The summed E-state index contributed by atoms with van der Waals surface area (Å²) in [5.41, 5.74) is 0. The van der Waals surface area contributed by atoms with E-state index in [1.165, 1.54) is 4.88 Å². The molecular formula is C21H28ClIN6OS. The molecule has 0 aliphatic rings. The zero-order valence-electron chi connectivity index (χ0n) is 17.9. The fraction of sp³-hybridized carbons (Fsp3) is 0.381. The van der Waals surface area contributed by atoms with E-state index >= 15 is 0 Å². The molecule has 0 spiro atoms. The molecule has 1 N–H and O–H groups in total. The fourth-order valence-corrected chi connectivity index (χ4v) is 3.57. The lowest BCUT2D eigenvalue weighted by Crippen LogP contribution is -2.41. The Kier molecular flexibility index (Phi) is 10.6. The number of rotatable bonds is 9. The van der Waals surface area contributed by atoms with E-state index in [9.17, 15) is 0 Å². The molecule has 3 rings (SSSR count). The Morgan fingerprint density at radius 3 is 2.68 bits per heavy atom. The average Bonchev–Trinajstić information content (AvgIpc) is 3.37. The molecule has 0 saturated heterocycles. The molecule has 168 valence electrons. The summed E-state index contributed by atoms with van der Waals surface area (Å²) in [6.07, 6.45) is 0.953. The van der Waals surface area contributed by atoms with Gasteiger partial charge in [-0.25, -0.2) is 4.99 Å². The van der Waals surface area contributed by atoms with Crippen molar-refractivity contribution in [1.82, 2.24) is 25.0 Å². The number of aromatic nitrogens is 3. The van der Waals surface area contributed by atoms with Gasteiger partial charge in [0.1, 0.15) is 24.7 Å². The lowest BCUT2D eigenvalue weighted by atomic mass is 10.3. The van der Waals surface area contributed by atoms with Crippen molar-refractivity contribution < 1.29 is 4.74 Å². The number of benzene rings is 1. The number of aryl methyl sites for hydroxylation is 1. The van der Waals surface area contributed by atoms with Crippen molar-refractivity contribution in [3.8, 4) is 5.75 Å². The van der Waals surface area contributed by atoms with Crippen LogP contribution in [0.2, 0.25) is 5.02 Å². The highest BCUT2D eigenvalue weighted by Crippen LogP contribution is 2.15. The van der Waals surface area contributed by atoms with Gasteiger partial charge in [0.2, 0.25) is 0 Å². The van der Waals surface area contributed by atoms with Crippen LogP contribution in [0.15, 0.2) is 46.8 Å². The fourth-order valence-electron chi connectivity index (χ4n) is 2.74. The monoisotopic (exact) mass is 574 g/mol. The van der Waals surface area contributed by atoms with Crippen molar-refractivity contribution >= 4 is 52.9 Å². The molecule has 1 aromatic carbocycles. The smallest absolute Gasteiger partial charge is 0.194 e. The van der Waals surface area contributed by atoms with E-state index in [-0.39, 0.29) is 24.0 Å². The maximum atomic E-state index is 5.92. The number of nitrogens with one attached hydrogen (secondary N) is 1. The average molecular weight is 575 g/mol. The molecule has 10 heteroatoms. The van der Waals surface area contributed by atoms with Crippen molar-refractivity contribution in [2.24, 2.45) is 12.0 Å². The van der Waals surface area contributed by atoms with Gasteiger partial charge in [0.25, 0.3) is 0 Å². The van der Waals surface area contributed by atoms with Crippen molar-refractivity contribution in [3.05, 3.63) is 63.3 Å². The molecule has 0 amide bonds. The highest BCUT2D eigenvalue weighted by atomic mass is 127. The van der Waals surface area contributed by atoms with Crippen molar-refractivity contribution in [2.45, 2.75) is 19.9 Å². The first-order valence-electron chi connectivity index (χ1n) is 9.78. The van der Waals surface area contributed by atoms with Crippen LogP contribution in [0, 0.1) is 6.92 Å². The summed E-state index contributed by atoms with van der Waals surface area (Å²) in [6.45, 7) is 4.42. The SMILES string of the molecule is Cc1nnc(CN=C(NCCc2cccs2)N(C)CCOc2ccc(Cl)cc2)n1C.I. The van der Waals surface area contributed by atoms with Gasteiger partial charge in [-0.2, -0.15) is 0 Å². The zero-order chi connectivity index (χ0) is 21.3. The Balaban J connectivity index is 0.00000341. The maximum Gasteiger partial charge on any atom is 0.194 e. The van der Waals surface area contributed by atoms with E-state index in [0.29, 0.717) is 24.7 Å². The number of guanidine groups is 1. The minimum absolute atomic E-state index is 0. The summed E-state index contributed by atoms with van der Waals surface area (Å²) in [7, 11) is 3.96. The summed E-state index contributed by atoms with van der Waals surface area (Å²) in [6, 6.07) is 11.6. The highest BCUT2D eigenvalue weighted by Gasteiger charge is 2.09. The van der Waals surface area contributed by atoms with Gasteiger partial charge < -0.3 is 19.5 Å². The molecule has 0 saturated carbocycles. The summed E-state index contributed by atoms with van der Waals surface area (Å²) in [5.74, 6) is 3.31. The Bertz CT molecular complexity index is 945. The molecule has 0 fully saturated rings. The Labute approximate surface area is 209 Å². The first-order valence-corrected chi connectivity index (χ1v) is 11.0. The lowest BCUT2D eigenvalue weighted by Gasteiger charge is -2.22. The van der Waals surface area contributed by atoms with Gasteiger partial charge in [0.15, 0.2) is 11.8 Å². The molecule has 0 bridgehead atoms. The third-order valence-electron chi connectivity index (χ3n) is 4.66. The molecule has 31 heavy (non-hydrogen) atoms. The number of hydrogen-bond donors (Lipinski definition) is 1. The molecule has 2 heterocycles. The number of ether oxygens (including phenoxy) is 1. The number of thiophene rings is 1. The molecule has 0 aliphatic heterocycles. The number of nitrogens with zero attached hydrogens (tertiary/aromatic N) is 5. The van der Waals surface area contributed by atoms with E-state index in [1.54, 1.807) is 11.3 Å². The third-order valence-corrected chi connectivity index (χ3v) is 5.85. The molecule has 2 aromatic heterocycles. The molecule has 0 atom stereocenters. The van der Waals surface area contributed by atoms with Gasteiger partial charge in [0, 0.05) is 30.5 Å². The maximum absolute atomic E-state index is 5.92. The molecule has 3 aromatic rings. The predicted octanol–water partition coefficient (Wildman–Crippen LogP) is 4.16. The summed E-state index contributed by atoms with van der Waals surface area (Å²) >= 11 is 7.69. The van der Waals surface area contributed by atoms with Crippen molar-refractivity contribution in [3.63, 3.8) is 0 Å². The van der Waals surface area contributed by atoms with Crippen LogP contribution < -0.4 is 10.1 Å². The standard InChI is InChI=1S/C21H27ClN6OS.HI/c1-16-25-26-20(28(16)3)15-24-21(23-11-10-19-5-4-14-30-19)27(2)12-13-29-18-8-6-17(22)7-9-18;/h4-9,14H,10-13,15H2,1-3H3,(H,23,24);1H. The van der Waals surface area contributed by atoms with Gasteiger partial charge in [-0.1, -0.05) is 17.7 Å². The van der Waals surface area contributed by atoms with Crippen LogP contribution in [0.4, 0.5) is 0 Å². The molecule has 0 unspecified atom stereocenters. The minimum Gasteiger partial charge on any atom is -0.492 e. The van der Waals surface area contributed by atoms with Gasteiger partial charge in [-0.15, -0.1) is 45.5 Å². The largest absolute Gasteiger partial charge is 0.492 e. The van der Waals surface area contributed by atoms with E-state index < -0.39 is 0 Å². The molecule has 0 radical (unpaired) electrons. The Morgan fingerprint density at radius 1 is 1.26 bits per heavy atom. The van der Waals surface area contributed by atoms with Crippen LogP contribution in [0.1, 0.15) is 16.5 Å². The van der Waals surface area contributed by atoms with Crippen LogP contribution in [0.5, 0.6) is 5.75 Å². The van der Waals surface area contributed by atoms with Crippen molar-refractivity contribution in [1.29, 1.82) is 0 Å². The first kappa shape index (κ1) is 25.4. The van der Waals surface area contributed by atoms with Crippen LogP contribution in [0.25, 0.3) is 0 Å². The quantitative estimate of drug-likeness (QED) is 0.236. The van der Waals surface area contributed by atoms with Gasteiger partial charge in [-0.05, 0) is 49.1 Å². The second-order valence-electron chi connectivity index (χ2n) is 6.84. The second kappa shape index (κ2) is 12.9. The number of aliphatic imine (C=N–C) groups is 1. The first-order chi connectivity index (χ1) is 14.5. The van der Waals surface area contributed by atoms with Crippen molar-refractivity contribution in [2.75, 3.05) is 26.7 Å². The van der Waals surface area contributed by atoms with Crippen LogP contribution in [0.3, 0.4) is 0 Å². The number of halogens is 2. The minimum atomic E-state index is 0. The van der Waals surface area contributed by atoms with E-state index in [0.717, 1.165) is 36.3 Å². The zero-order valence-corrected chi connectivity index (χ0v) is 21.8. The Morgan fingerprint density at radius 2 is 2.03 bits per heavy atom. The highest BCUT2D eigenvalue weighted by molar-refractivity contribution is 14.0. The Hall–Kier alpha value is -1.85. The van der Waals surface area contributed by atoms with Crippen LogP contribution in [-0.2, 0) is 20.0 Å². The van der Waals surface area contributed by atoms with E-state index in [2.05, 4.69) is 37.9 Å². The van der Waals surface area contributed by atoms with E-state index in [1.807, 2.05) is 49.9 Å². The number of hydrogen-bond acceptors (Lipinski definition) is 5. The third kappa shape index (κ3) is 7.97. The molecule has 7 nitrogen and oxygen atoms in total. The van der Waals surface area contributed by atoms with Gasteiger partial charge >= 0.3 is 0 Å². The van der Waals surface area contributed by atoms with Gasteiger partial charge in [-0.3, -0.25) is 0 Å². The normalized spacial score (nSPS) is 11.2. The summed E-state index contributed by atoms with van der Waals surface area (Å²) in [5, 5.41) is 14.6. The van der Waals surface area contributed by atoms with Crippen LogP contribution >= 0.6 is 46.9 Å². The lowest BCUT2D eigenvalue weighted by molar-refractivity contribution is 0.281. The summed E-state index contributed by atoms with van der Waals surface area (Å²) in [4.78, 5) is 8.17. The van der Waals surface area contributed by atoms with Crippen LogP contribution in [-0.4, -0.2) is 52.4 Å². The summed E-state index contributed by atoms with van der Waals surface area (Å²) < 4.78 is 7.78. The topological polar surface area (TPSA) is 67.6 Å². The number of likely N-dealkylation sites (N-methyl/N-ethyl adjacent to an activating group) is 1. The van der Waals surface area contributed by atoms with E-state index in [4.69, 9.17) is 21.3 Å². The molecule has 0 aliphatic carbocycles. The molecular weight excluding hydrogens is 547 g/mol.